The van der Waals surface area contributed by atoms with Gasteiger partial charge in [-0.3, -0.25) is 9.97 Å². The van der Waals surface area contributed by atoms with Crippen molar-refractivity contribution < 1.29 is 4.55 Å². The minimum atomic E-state index is -1.24. The van der Waals surface area contributed by atoms with Crippen molar-refractivity contribution in [1.29, 1.82) is 0 Å². The lowest BCUT2D eigenvalue weighted by atomic mass is 10.3. The zero-order valence-corrected chi connectivity index (χ0v) is 9.28. The van der Waals surface area contributed by atoms with E-state index in [9.17, 15) is 4.55 Å². The van der Waals surface area contributed by atoms with Gasteiger partial charge in [0, 0.05) is 12.4 Å². The smallest absolute Gasteiger partial charge is 0.144 e. The van der Waals surface area contributed by atoms with Crippen molar-refractivity contribution in [2.45, 2.75) is 25.5 Å². The lowest BCUT2D eigenvalue weighted by Crippen LogP contribution is -2.25. The van der Waals surface area contributed by atoms with E-state index in [1.54, 1.807) is 18.6 Å². The Morgan fingerprint density at radius 2 is 2.14 bits per heavy atom. The van der Waals surface area contributed by atoms with Crippen LogP contribution in [0.15, 0.2) is 23.0 Å². The molecule has 0 amide bonds. The summed E-state index contributed by atoms with van der Waals surface area (Å²) in [7, 11) is 0. The van der Waals surface area contributed by atoms with Crippen molar-refractivity contribution in [3.63, 3.8) is 0 Å². The van der Waals surface area contributed by atoms with E-state index in [4.69, 9.17) is 0 Å². The van der Waals surface area contributed by atoms with Crippen molar-refractivity contribution in [3.8, 4) is 0 Å². The molecule has 5 heteroatoms. The highest BCUT2D eigenvalue weighted by Crippen LogP contribution is 2.16. The average molecular weight is 211 g/mol. The van der Waals surface area contributed by atoms with Crippen molar-refractivity contribution in [3.05, 3.63) is 24.3 Å². The van der Waals surface area contributed by atoms with Crippen LogP contribution in [-0.4, -0.2) is 25.5 Å². The Kier molecular flexibility index (Phi) is 3.60. The van der Waals surface area contributed by atoms with Crippen molar-refractivity contribution in [2.75, 3.05) is 0 Å². The lowest BCUT2D eigenvalue weighted by Gasteiger charge is -2.17. The molecule has 0 saturated carbocycles. The Labute approximate surface area is 86.8 Å². The summed E-state index contributed by atoms with van der Waals surface area (Å²) in [5, 5.41) is 0. The zero-order valence-electron chi connectivity index (χ0n) is 8.47. The number of nitrogens with zero attached hydrogens (tertiary/aromatic N) is 3. The van der Waals surface area contributed by atoms with Gasteiger partial charge in [-0.15, -0.1) is 0 Å². The maximum Gasteiger partial charge on any atom is 0.144 e. The van der Waals surface area contributed by atoms with Crippen LogP contribution < -0.4 is 0 Å². The van der Waals surface area contributed by atoms with Gasteiger partial charge in [-0.1, -0.05) is 4.40 Å². The molecule has 76 valence electrons. The van der Waals surface area contributed by atoms with Crippen molar-refractivity contribution >= 4 is 17.6 Å². The van der Waals surface area contributed by atoms with Gasteiger partial charge in [0.25, 0.3) is 0 Å². The molecule has 0 N–H and O–H groups in total. The van der Waals surface area contributed by atoms with Gasteiger partial charge in [0.15, 0.2) is 0 Å². The van der Waals surface area contributed by atoms with E-state index in [2.05, 4.69) is 14.4 Å². The van der Waals surface area contributed by atoms with Gasteiger partial charge in [-0.25, -0.2) is 0 Å². The SMILES string of the molecule is CC(C)(C)[S+]([O-])/N=C/c1cnccn1. The van der Waals surface area contributed by atoms with E-state index < -0.39 is 11.4 Å². The molecule has 0 aliphatic carbocycles. The Hall–Kier alpha value is -0.940. The molecule has 1 unspecified atom stereocenters. The Morgan fingerprint density at radius 3 is 2.64 bits per heavy atom. The third-order valence-electron chi connectivity index (χ3n) is 1.39. The predicted octanol–water partition coefficient (Wildman–Crippen LogP) is 1.36. The maximum absolute atomic E-state index is 11.5. The first-order valence-corrected chi connectivity index (χ1v) is 5.33. The molecule has 0 aliphatic heterocycles. The van der Waals surface area contributed by atoms with E-state index in [0.29, 0.717) is 5.69 Å². The van der Waals surface area contributed by atoms with Crippen LogP contribution in [0.1, 0.15) is 26.5 Å². The van der Waals surface area contributed by atoms with Crippen LogP contribution in [0, 0.1) is 0 Å². The molecule has 1 aromatic rings. The summed E-state index contributed by atoms with van der Waals surface area (Å²) in [6.07, 6.45) is 6.21. The first kappa shape index (κ1) is 11.1. The largest absolute Gasteiger partial charge is 0.591 e. The Morgan fingerprint density at radius 1 is 1.43 bits per heavy atom. The number of hydrogen-bond donors (Lipinski definition) is 0. The zero-order chi connectivity index (χ0) is 10.6. The summed E-state index contributed by atoms with van der Waals surface area (Å²) in [5.74, 6) is 0. The highest BCUT2D eigenvalue weighted by Gasteiger charge is 2.25. The molecule has 1 rings (SSSR count). The molecule has 0 aliphatic rings. The monoisotopic (exact) mass is 211 g/mol. The third kappa shape index (κ3) is 3.43. The van der Waals surface area contributed by atoms with E-state index in [1.165, 1.54) is 6.21 Å². The second kappa shape index (κ2) is 4.52. The molecule has 0 radical (unpaired) electrons. The molecule has 1 aromatic heterocycles. The van der Waals surface area contributed by atoms with Gasteiger partial charge < -0.3 is 4.55 Å². The summed E-state index contributed by atoms with van der Waals surface area (Å²) in [5.41, 5.74) is 0.616. The normalized spacial score (nSPS) is 14.6. The van der Waals surface area contributed by atoms with Crippen LogP contribution in [0.2, 0.25) is 0 Å². The molecule has 0 spiro atoms. The Bertz CT molecular complexity index is 308. The van der Waals surface area contributed by atoms with Gasteiger partial charge in [0.2, 0.25) is 0 Å². The highest BCUT2D eigenvalue weighted by atomic mass is 32.2. The van der Waals surface area contributed by atoms with Gasteiger partial charge in [-0.2, -0.15) is 0 Å². The van der Waals surface area contributed by atoms with Crippen LogP contribution in [0.3, 0.4) is 0 Å². The first-order chi connectivity index (χ1) is 6.50. The van der Waals surface area contributed by atoms with Crippen LogP contribution >= 0.6 is 0 Å². The minimum absolute atomic E-state index is 0.335. The summed E-state index contributed by atoms with van der Waals surface area (Å²) < 4.78 is 15.1. The second-order valence-corrected chi connectivity index (χ2v) is 5.66. The number of aromatic nitrogens is 2. The fourth-order valence-corrected chi connectivity index (χ4v) is 1.16. The predicted molar refractivity (Wildman–Crippen MR) is 57.5 cm³/mol. The second-order valence-electron chi connectivity index (χ2n) is 3.73. The first-order valence-electron chi connectivity index (χ1n) is 4.22. The minimum Gasteiger partial charge on any atom is -0.591 e. The lowest BCUT2D eigenvalue weighted by molar-refractivity contribution is 0.562. The molecule has 14 heavy (non-hydrogen) atoms. The summed E-state index contributed by atoms with van der Waals surface area (Å²) in [4.78, 5) is 7.86. The number of hydrogen-bond acceptors (Lipinski definition) is 4. The molecule has 1 atom stereocenters. The molecule has 0 aromatic carbocycles. The molecule has 0 saturated heterocycles. The van der Waals surface area contributed by atoms with Gasteiger partial charge in [-0.05, 0) is 20.8 Å². The fraction of sp³-hybridized carbons (Fsp3) is 0.444. The molecular weight excluding hydrogens is 198 g/mol. The van der Waals surface area contributed by atoms with E-state index >= 15 is 0 Å². The van der Waals surface area contributed by atoms with E-state index in [1.807, 2.05) is 20.8 Å². The van der Waals surface area contributed by atoms with Gasteiger partial charge >= 0.3 is 0 Å². The van der Waals surface area contributed by atoms with Gasteiger partial charge in [0.05, 0.1) is 6.20 Å². The standard InChI is InChI=1S/C9H13N3OS/c1-9(2,3)14(13)12-7-8-6-10-4-5-11-8/h4-7H,1-3H3/b12-7+. The summed E-state index contributed by atoms with van der Waals surface area (Å²) >= 11 is -1.24. The van der Waals surface area contributed by atoms with Crippen LogP contribution in [-0.2, 0) is 11.4 Å². The maximum atomic E-state index is 11.5. The van der Waals surface area contributed by atoms with Crippen LogP contribution in [0.25, 0.3) is 0 Å². The molecule has 4 nitrogen and oxygen atoms in total. The Balaban J connectivity index is 2.66. The summed E-state index contributed by atoms with van der Waals surface area (Å²) in [6.45, 7) is 5.62. The van der Waals surface area contributed by atoms with Crippen LogP contribution in [0.4, 0.5) is 0 Å². The average Bonchev–Trinajstić information content (AvgIpc) is 2.14. The summed E-state index contributed by atoms with van der Waals surface area (Å²) in [6, 6.07) is 0. The topological polar surface area (TPSA) is 61.2 Å². The van der Waals surface area contributed by atoms with E-state index in [0.717, 1.165) is 0 Å². The quantitative estimate of drug-likeness (QED) is 0.548. The van der Waals surface area contributed by atoms with Crippen molar-refractivity contribution in [2.24, 2.45) is 4.40 Å². The van der Waals surface area contributed by atoms with E-state index in [-0.39, 0.29) is 4.75 Å². The molecule has 1 heterocycles. The van der Waals surface area contributed by atoms with Crippen molar-refractivity contribution in [1.82, 2.24) is 9.97 Å². The molecule has 0 fully saturated rings. The van der Waals surface area contributed by atoms with Crippen LogP contribution in [0.5, 0.6) is 0 Å². The molecule has 0 bridgehead atoms. The molecular formula is C9H13N3OS. The third-order valence-corrected chi connectivity index (χ3v) is 2.73. The van der Waals surface area contributed by atoms with Gasteiger partial charge in [0.1, 0.15) is 28.0 Å². The number of rotatable bonds is 2. The fourth-order valence-electron chi connectivity index (χ4n) is 0.637. The highest BCUT2D eigenvalue weighted by molar-refractivity contribution is 7.91.